The van der Waals surface area contributed by atoms with Crippen molar-refractivity contribution in [1.29, 1.82) is 0 Å². The Morgan fingerprint density at radius 2 is 1.77 bits per heavy atom. The van der Waals surface area contributed by atoms with E-state index in [-0.39, 0.29) is 5.91 Å². The van der Waals surface area contributed by atoms with Gasteiger partial charge in [-0.3, -0.25) is 9.59 Å². The smallest absolute Gasteiger partial charge is 0.341 e. The van der Waals surface area contributed by atoms with Crippen LogP contribution in [0.1, 0.15) is 64.4 Å². The number of methoxy groups -OCH3 is 1. The molecule has 1 saturated carbocycles. The topological polar surface area (TPSA) is 92.7 Å². The SMILES string of the molecule is COC(=O)c1c(NC(=O)[C@H]2CCCC[C@H]2C(=O)O)sc2c1CC[C@@H](c1ccccc1)C2. The second-order valence-electron chi connectivity index (χ2n) is 8.37. The third-order valence-electron chi connectivity index (χ3n) is 6.58. The lowest BCUT2D eigenvalue weighted by Crippen LogP contribution is -2.36. The first-order chi connectivity index (χ1) is 15.0. The Morgan fingerprint density at radius 3 is 2.45 bits per heavy atom. The average Bonchev–Trinajstić information content (AvgIpc) is 3.16. The van der Waals surface area contributed by atoms with Gasteiger partial charge in [-0.15, -0.1) is 11.3 Å². The average molecular weight is 442 g/mol. The van der Waals surface area contributed by atoms with Crippen molar-refractivity contribution < 1.29 is 24.2 Å². The van der Waals surface area contributed by atoms with Gasteiger partial charge in [-0.25, -0.2) is 4.79 Å². The van der Waals surface area contributed by atoms with Gasteiger partial charge in [0.25, 0.3) is 0 Å². The highest BCUT2D eigenvalue weighted by Gasteiger charge is 2.37. The van der Waals surface area contributed by atoms with Crippen LogP contribution in [0.3, 0.4) is 0 Å². The first kappa shape index (κ1) is 21.6. The summed E-state index contributed by atoms with van der Waals surface area (Å²) < 4.78 is 5.02. The summed E-state index contributed by atoms with van der Waals surface area (Å²) in [5.41, 5.74) is 2.67. The van der Waals surface area contributed by atoms with Crippen molar-refractivity contribution in [2.45, 2.75) is 50.9 Å². The molecule has 1 fully saturated rings. The molecule has 3 atom stereocenters. The normalized spacial score (nSPS) is 22.9. The van der Waals surface area contributed by atoms with Crippen LogP contribution in [0.4, 0.5) is 5.00 Å². The molecule has 1 amide bonds. The quantitative estimate of drug-likeness (QED) is 0.660. The lowest BCUT2D eigenvalue weighted by Gasteiger charge is -2.27. The number of aliphatic carboxylic acids is 1. The van der Waals surface area contributed by atoms with Gasteiger partial charge in [0.05, 0.1) is 24.5 Å². The van der Waals surface area contributed by atoms with Gasteiger partial charge in [0.2, 0.25) is 5.91 Å². The van der Waals surface area contributed by atoms with Gasteiger partial charge in [0.15, 0.2) is 0 Å². The summed E-state index contributed by atoms with van der Waals surface area (Å²) in [6.45, 7) is 0. The lowest BCUT2D eigenvalue weighted by atomic mass is 9.78. The number of anilines is 1. The molecule has 0 saturated heterocycles. The second kappa shape index (κ2) is 9.22. The highest BCUT2D eigenvalue weighted by molar-refractivity contribution is 7.17. The standard InChI is InChI=1S/C24H27NO5S/c1-30-24(29)20-18-12-11-15(14-7-3-2-4-8-14)13-19(18)31-22(20)25-21(26)16-9-5-6-10-17(16)23(27)28/h2-4,7-8,15-17H,5-6,9-13H2,1H3,(H,25,26)(H,27,28)/t15-,16+,17-/m1/s1. The van der Waals surface area contributed by atoms with Crippen molar-refractivity contribution in [3.63, 3.8) is 0 Å². The van der Waals surface area contributed by atoms with Gasteiger partial charge in [0, 0.05) is 4.88 Å². The molecule has 1 aromatic carbocycles. The maximum atomic E-state index is 13.0. The van der Waals surface area contributed by atoms with E-state index in [4.69, 9.17) is 4.74 Å². The minimum atomic E-state index is -0.927. The van der Waals surface area contributed by atoms with Crippen LogP contribution in [0.2, 0.25) is 0 Å². The Labute approximate surface area is 185 Å². The number of carboxylic acid groups (broad SMARTS) is 1. The number of esters is 1. The molecule has 1 heterocycles. The predicted octanol–water partition coefficient (Wildman–Crippen LogP) is 4.64. The zero-order chi connectivity index (χ0) is 22.0. The predicted molar refractivity (Wildman–Crippen MR) is 119 cm³/mol. The van der Waals surface area contributed by atoms with Gasteiger partial charge in [-0.2, -0.15) is 0 Å². The Hall–Kier alpha value is -2.67. The summed E-state index contributed by atoms with van der Waals surface area (Å²) in [6, 6.07) is 10.3. The zero-order valence-corrected chi connectivity index (χ0v) is 18.4. The van der Waals surface area contributed by atoms with E-state index in [1.165, 1.54) is 24.0 Å². The van der Waals surface area contributed by atoms with E-state index in [0.717, 1.165) is 42.5 Å². The van der Waals surface area contributed by atoms with Crippen LogP contribution in [0.15, 0.2) is 30.3 Å². The van der Waals surface area contributed by atoms with E-state index in [1.54, 1.807) is 0 Å². The number of amides is 1. The van der Waals surface area contributed by atoms with Gasteiger partial charge >= 0.3 is 11.9 Å². The molecule has 31 heavy (non-hydrogen) atoms. The van der Waals surface area contributed by atoms with E-state index in [0.29, 0.717) is 29.3 Å². The Bertz CT molecular complexity index is 983. The summed E-state index contributed by atoms with van der Waals surface area (Å²) >= 11 is 1.43. The van der Waals surface area contributed by atoms with E-state index in [1.807, 2.05) is 18.2 Å². The van der Waals surface area contributed by atoms with Gasteiger partial charge in [-0.05, 0) is 49.1 Å². The van der Waals surface area contributed by atoms with Crippen LogP contribution in [0.5, 0.6) is 0 Å². The largest absolute Gasteiger partial charge is 0.481 e. The van der Waals surface area contributed by atoms with Crippen molar-refractivity contribution in [3.8, 4) is 0 Å². The van der Waals surface area contributed by atoms with Crippen molar-refractivity contribution in [3.05, 3.63) is 51.9 Å². The van der Waals surface area contributed by atoms with E-state index >= 15 is 0 Å². The maximum absolute atomic E-state index is 13.0. The number of fused-ring (bicyclic) bond motifs is 1. The van der Waals surface area contributed by atoms with Crippen LogP contribution in [0.25, 0.3) is 0 Å². The number of benzene rings is 1. The number of hydrogen-bond acceptors (Lipinski definition) is 5. The zero-order valence-electron chi connectivity index (χ0n) is 17.6. The molecule has 6 nitrogen and oxygen atoms in total. The number of nitrogens with one attached hydrogen (secondary N) is 1. The highest BCUT2D eigenvalue weighted by Crippen LogP contribution is 2.43. The summed E-state index contributed by atoms with van der Waals surface area (Å²) in [7, 11) is 1.34. The van der Waals surface area contributed by atoms with Crippen molar-refractivity contribution in [1.82, 2.24) is 0 Å². The fourth-order valence-corrected chi connectivity index (χ4v) is 6.27. The molecule has 0 bridgehead atoms. The van der Waals surface area contributed by atoms with E-state index in [2.05, 4.69) is 17.4 Å². The summed E-state index contributed by atoms with van der Waals surface area (Å²) in [5, 5.41) is 12.9. The second-order valence-corrected chi connectivity index (χ2v) is 9.48. The Morgan fingerprint density at radius 1 is 1.06 bits per heavy atom. The van der Waals surface area contributed by atoms with E-state index < -0.39 is 23.8 Å². The maximum Gasteiger partial charge on any atom is 0.341 e. The fraction of sp³-hybridized carbons (Fsp3) is 0.458. The molecule has 0 aliphatic heterocycles. The molecule has 2 aliphatic carbocycles. The molecular formula is C24H27NO5S. The minimum Gasteiger partial charge on any atom is -0.481 e. The number of carbonyl (C=O) groups excluding carboxylic acids is 2. The van der Waals surface area contributed by atoms with Crippen LogP contribution >= 0.6 is 11.3 Å². The highest BCUT2D eigenvalue weighted by atomic mass is 32.1. The summed E-state index contributed by atoms with van der Waals surface area (Å²) in [6.07, 6.45) is 5.20. The molecule has 0 unspecified atom stereocenters. The number of thiophene rings is 1. The fourth-order valence-electron chi connectivity index (χ4n) is 4.95. The third-order valence-corrected chi connectivity index (χ3v) is 7.75. The van der Waals surface area contributed by atoms with Gasteiger partial charge in [-0.1, -0.05) is 43.2 Å². The Balaban J connectivity index is 1.61. The summed E-state index contributed by atoms with van der Waals surface area (Å²) in [5.74, 6) is -2.57. The number of carboxylic acids is 1. The van der Waals surface area contributed by atoms with E-state index in [9.17, 15) is 19.5 Å². The van der Waals surface area contributed by atoms with Crippen molar-refractivity contribution in [2.75, 3.05) is 12.4 Å². The minimum absolute atomic E-state index is 0.310. The number of ether oxygens (including phenoxy) is 1. The molecule has 4 rings (SSSR count). The number of hydrogen-bond donors (Lipinski definition) is 2. The molecule has 2 aliphatic rings. The van der Waals surface area contributed by atoms with Crippen LogP contribution in [-0.2, 0) is 27.2 Å². The first-order valence-corrected chi connectivity index (χ1v) is 11.6. The lowest BCUT2D eigenvalue weighted by molar-refractivity contribution is -0.147. The van der Waals surface area contributed by atoms with Crippen molar-refractivity contribution >= 4 is 34.2 Å². The summed E-state index contributed by atoms with van der Waals surface area (Å²) in [4.78, 5) is 38.3. The third kappa shape index (κ3) is 4.37. The molecule has 0 spiro atoms. The van der Waals surface area contributed by atoms with Crippen LogP contribution in [-0.4, -0.2) is 30.1 Å². The van der Waals surface area contributed by atoms with Crippen LogP contribution in [0, 0.1) is 11.8 Å². The number of rotatable bonds is 5. The first-order valence-electron chi connectivity index (χ1n) is 10.8. The molecule has 0 radical (unpaired) electrons. The molecule has 1 aromatic heterocycles. The molecule has 2 aromatic rings. The van der Waals surface area contributed by atoms with Gasteiger partial charge < -0.3 is 15.2 Å². The molecule has 2 N–H and O–H groups in total. The van der Waals surface area contributed by atoms with Crippen molar-refractivity contribution in [2.24, 2.45) is 11.8 Å². The van der Waals surface area contributed by atoms with Gasteiger partial charge in [0.1, 0.15) is 5.00 Å². The number of carbonyl (C=O) groups is 3. The molecule has 164 valence electrons. The molecular weight excluding hydrogens is 414 g/mol. The molecule has 7 heteroatoms. The van der Waals surface area contributed by atoms with Crippen LogP contribution < -0.4 is 5.32 Å². The monoisotopic (exact) mass is 441 g/mol. The Kier molecular flexibility index (Phi) is 6.41.